The van der Waals surface area contributed by atoms with E-state index in [0.717, 1.165) is 16.8 Å². The fourth-order valence-electron chi connectivity index (χ4n) is 1.24. The van der Waals surface area contributed by atoms with Crippen LogP contribution in [-0.2, 0) is 6.54 Å². The third kappa shape index (κ3) is 1.25. The van der Waals surface area contributed by atoms with E-state index in [9.17, 15) is 0 Å². The van der Waals surface area contributed by atoms with Crippen LogP contribution in [0.1, 0.15) is 5.69 Å². The quantitative estimate of drug-likeness (QED) is 0.752. The Balaban J connectivity index is 2.61. The van der Waals surface area contributed by atoms with Gasteiger partial charge in [-0.1, -0.05) is 5.16 Å². The fraction of sp³-hybridized carbons (Fsp3) is 0.222. The highest BCUT2D eigenvalue weighted by Gasteiger charge is 2.06. The molecule has 0 aliphatic rings. The Bertz CT molecular complexity index is 422. The molecule has 4 nitrogen and oxygen atoms in total. The summed E-state index contributed by atoms with van der Waals surface area (Å²) in [6.07, 6.45) is 0. The van der Waals surface area contributed by atoms with Crippen LogP contribution in [0.2, 0.25) is 0 Å². The second-order valence-electron chi connectivity index (χ2n) is 2.70. The van der Waals surface area contributed by atoms with Crippen molar-refractivity contribution in [2.45, 2.75) is 6.54 Å². The summed E-state index contributed by atoms with van der Waals surface area (Å²) in [7, 11) is 1.61. The first-order chi connectivity index (χ1) is 6.35. The summed E-state index contributed by atoms with van der Waals surface area (Å²) in [5.41, 5.74) is 6.96. The van der Waals surface area contributed by atoms with E-state index in [4.69, 9.17) is 15.0 Å². The van der Waals surface area contributed by atoms with Gasteiger partial charge >= 0.3 is 0 Å². The molecular formula is C9H10N2O2. The van der Waals surface area contributed by atoms with Gasteiger partial charge in [0.1, 0.15) is 11.4 Å². The van der Waals surface area contributed by atoms with Crippen LogP contribution in [0.25, 0.3) is 11.0 Å². The summed E-state index contributed by atoms with van der Waals surface area (Å²) < 4.78 is 10.1. The van der Waals surface area contributed by atoms with Crippen molar-refractivity contribution in [3.8, 4) is 5.75 Å². The molecule has 0 saturated heterocycles. The topological polar surface area (TPSA) is 61.3 Å². The maximum absolute atomic E-state index is 5.48. The number of fused-ring (bicyclic) bond motifs is 1. The predicted octanol–water partition coefficient (Wildman–Crippen LogP) is 1.30. The molecule has 0 amide bonds. The zero-order valence-electron chi connectivity index (χ0n) is 7.28. The van der Waals surface area contributed by atoms with E-state index in [0.29, 0.717) is 12.1 Å². The van der Waals surface area contributed by atoms with Gasteiger partial charge in [0.25, 0.3) is 0 Å². The lowest BCUT2D eigenvalue weighted by Crippen LogP contribution is -1.96. The van der Waals surface area contributed by atoms with Crippen LogP contribution in [0.15, 0.2) is 22.7 Å². The van der Waals surface area contributed by atoms with Gasteiger partial charge in [-0.25, -0.2) is 0 Å². The van der Waals surface area contributed by atoms with E-state index in [1.54, 1.807) is 13.2 Å². The third-order valence-corrected chi connectivity index (χ3v) is 1.95. The normalized spacial score (nSPS) is 10.6. The summed E-state index contributed by atoms with van der Waals surface area (Å²) in [5.74, 6) is 0.757. The summed E-state index contributed by atoms with van der Waals surface area (Å²) in [6, 6.07) is 5.55. The van der Waals surface area contributed by atoms with Crippen molar-refractivity contribution in [2.24, 2.45) is 5.73 Å². The zero-order valence-corrected chi connectivity index (χ0v) is 7.28. The third-order valence-electron chi connectivity index (χ3n) is 1.95. The number of hydrogen-bond acceptors (Lipinski definition) is 4. The average Bonchev–Trinajstić information content (AvgIpc) is 2.59. The molecule has 0 aliphatic carbocycles. The van der Waals surface area contributed by atoms with Gasteiger partial charge in [0, 0.05) is 18.0 Å². The molecule has 2 aromatic rings. The number of nitrogens with zero attached hydrogens (tertiary/aromatic N) is 1. The lowest BCUT2D eigenvalue weighted by atomic mass is 10.2. The molecule has 1 aromatic carbocycles. The number of methoxy groups -OCH3 is 1. The summed E-state index contributed by atoms with van der Waals surface area (Å²) >= 11 is 0. The number of benzene rings is 1. The average molecular weight is 178 g/mol. The number of ether oxygens (including phenoxy) is 1. The molecule has 1 heterocycles. The van der Waals surface area contributed by atoms with E-state index in [-0.39, 0.29) is 0 Å². The summed E-state index contributed by atoms with van der Waals surface area (Å²) in [4.78, 5) is 0. The van der Waals surface area contributed by atoms with Crippen molar-refractivity contribution in [3.63, 3.8) is 0 Å². The first-order valence-corrected chi connectivity index (χ1v) is 3.97. The molecule has 13 heavy (non-hydrogen) atoms. The molecular weight excluding hydrogens is 168 g/mol. The van der Waals surface area contributed by atoms with Crippen LogP contribution >= 0.6 is 0 Å². The second kappa shape index (κ2) is 3.06. The SMILES string of the molecule is COc1ccc2c(CN)noc2c1. The van der Waals surface area contributed by atoms with Crippen molar-refractivity contribution in [1.29, 1.82) is 0 Å². The van der Waals surface area contributed by atoms with E-state index in [2.05, 4.69) is 5.16 Å². The largest absolute Gasteiger partial charge is 0.497 e. The molecule has 2 rings (SSSR count). The van der Waals surface area contributed by atoms with Crippen LogP contribution in [0, 0.1) is 0 Å². The lowest BCUT2D eigenvalue weighted by molar-refractivity contribution is 0.411. The Labute approximate surface area is 75.3 Å². The monoisotopic (exact) mass is 178 g/mol. The molecule has 0 fully saturated rings. The second-order valence-corrected chi connectivity index (χ2v) is 2.70. The minimum Gasteiger partial charge on any atom is -0.497 e. The molecule has 0 radical (unpaired) electrons. The Morgan fingerprint density at radius 3 is 3.08 bits per heavy atom. The summed E-state index contributed by atoms with van der Waals surface area (Å²) in [5, 5.41) is 4.78. The molecule has 0 unspecified atom stereocenters. The van der Waals surface area contributed by atoms with Gasteiger partial charge in [-0.15, -0.1) is 0 Å². The van der Waals surface area contributed by atoms with Gasteiger partial charge in [0.2, 0.25) is 0 Å². The van der Waals surface area contributed by atoms with Crippen molar-refractivity contribution in [1.82, 2.24) is 5.16 Å². The molecule has 0 bridgehead atoms. The maximum Gasteiger partial charge on any atom is 0.170 e. The van der Waals surface area contributed by atoms with Gasteiger partial charge in [-0.3, -0.25) is 0 Å². The minimum atomic E-state index is 0.388. The van der Waals surface area contributed by atoms with Gasteiger partial charge in [0.15, 0.2) is 5.58 Å². The van der Waals surface area contributed by atoms with Crippen molar-refractivity contribution < 1.29 is 9.26 Å². The smallest absolute Gasteiger partial charge is 0.170 e. The van der Waals surface area contributed by atoms with Crippen LogP contribution in [0.4, 0.5) is 0 Å². The maximum atomic E-state index is 5.48. The summed E-state index contributed by atoms with van der Waals surface area (Å²) in [6.45, 7) is 0.388. The number of nitrogens with two attached hydrogens (primary N) is 1. The van der Waals surface area contributed by atoms with Gasteiger partial charge in [0.05, 0.1) is 7.11 Å². The first kappa shape index (κ1) is 8.07. The molecule has 2 N–H and O–H groups in total. The molecule has 4 heteroatoms. The highest BCUT2D eigenvalue weighted by molar-refractivity contribution is 5.80. The van der Waals surface area contributed by atoms with Crippen LogP contribution < -0.4 is 10.5 Å². The van der Waals surface area contributed by atoms with E-state index < -0.39 is 0 Å². The molecule has 68 valence electrons. The van der Waals surface area contributed by atoms with Gasteiger partial charge in [-0.05, 0) is 12.1 Å². The Hall–Kier alpha value is -1.55. The van der Waals surface area contributed by atoms with Gasteiger partial charge in [-0.2, -0.15) is 0 Å². The van der Waals surface area contributed by atoms with Crippen LogP contribution in [0.3, 0.4) is 0 Å². The van der Waals surface area contributed by atoms with Crippen LogP contribution in [0.5, 0.6) is 5.75 Å². The van der Waals surface area contributed by atoms with Crippen molar-refractivity contribution in [2.75, 3.05) is 7.11 Å². The van der Waals surface area contributed by atoms with E-state index in [1.807, 2.05) is 12.1 Å². The zero-order chi connectivity index (χ0) is 9.26. The Morgan fingerprint density at radius 2 is 2.38 bits per heavy atom. The van der Waals surface area contributed by atoms with E-state index >= 15 is 0 Å². The minimum absolute atomic E-state index is 0.388. The number of aromatic nitrogens is 1. The first-order valence-electron chi connectivity index (χ1n) is 3.97. The van der Waals surface area contributed by atoms with Crippen molar-refractivity contribution in [3.05, 3.63) is 23.9 Å². The predicted molar refractivity (Wildman–Crippen MR) is 48.5 cm³/mol. The Morgan fingerprint density at radius 1 is 1.54 bits per heavy atom. The fourth-order valence-corrected chi connectivity index (χ4v) is 1.24. The highest BCUT2D eigenvalue weighted by Crippen LogP contribution is 2.22. The molecule has 0 atom stereocenters. The molecule has 0 spiro atoms. The van der Waals surface area contributed by atoms with Crippen LogP contribution in [-0.4, -0.2) is 12.3 Å². The highest BCUT2D eigenvalue weighted by atomic mass is 16.5. The molecule has 0 saturated carbocycles. The Kier molecular flexibility index (Phi) is 1.90. The molecule has 1 aromatic heterocycles. The van der Waals surface area contributed by atoms with Crippen molar-refractivity contribution >= 4 is 11.0 Å². The standard InChI is InChI=1S/C9H10N2O2/c1-12-6-2-3-7-8(5-10)11-13-9(7)4-6/h2-4H,5,10H2,1H3. The van der Waals surface area contributed by atoms with E-state index in [1.165, 1.54) is 0 Å². The van der Waals surface area contributed by atoms with Gasteiger partial charge < -0.3 is 15.0 Å². The molecule has 0 aliphatic heterocycles. The lowest BCUT2D eigenvalue weighted by Gasteiger charge is -1.96. The number of hydrogen-bond donors (Lipinski definition) is 1. The number of rotatable bonds is 2.